The largest absolute Gasteiger partial charge is 0.368 e. The number of hydrogen-bond acceptors (Lipinski definition) is 3. The van der Waals surface area contributed by atoms with Crippen molar-refractivity contribution in [2.45, 2.75) is 26.9 Å². The van der Waals surface area contributed by atoms with Crippen LogP contribution >= 0.6 is 0 Å². The van der Waals surface area contributed by atoms with Crippen LogP contribution in [0.2, 0.25) is 0 Å². The number of nitrogens with one attached hydrogen (secondary N) is 3. The lowest BCUT2D eigenvalue weighted by molar-refractivity contribution is -0.117. The summed E-state index contributed by atoms with van der Waals surface area (Å²) in [7, 11) is 1.73. The number of carbonyl (C=O) groups excluding carboxylic acids is 2. The zero-order valence-electron chi connectivity index (χ0n) is 16.5. The van der Waals surface area contributed by atoms with Crippen LogP contribution in [0.4, 0.5) is 0 Å². The molecule has 0 fully saturated rings. The molecule has 2 rings (SSSR count). The molecular weight excluding hydrogens is 354 g/mol. The van der Waals surface area contributed by atoms with E-state index in [1.807, 2.05) is 12.1 Å². The number of primary amides is 1. The highest BCUT2D eigenvalue weighted by Gasteiger charge is 2.07. The molecule has 0 aliphatic heterocycles. The molecule has 0 heterocycles. The Hall–Kier alpha value is -3.35. The zero-order chi connectivity index (χ0) is 20.5. The number of rotatable bonds is 7. The molecule has 0 saturated carbocycles. The second kappa shape index (κ2) is 10.1. The van der Waals surface area contributed by atoms with E-state index >= 15 is 0 Å². The molecule has 0 aliphatic carbocycles. The number of carbonyl (C=O) groups is 2. The van der Waals surface area contributed by atoms with Crippen molar-refractivity contribution in [2.24, 2.45) is 10.7 Å². The number of nitrogens with two attached hydrogens (primary N) is 1. The Morgan fingerprint density at radius 1 is 0.964 bits per heavy atom. The lowest BCUT2D eigenvalue weighted by atomic mass is 10.1. The summed E-state index contributed by atoms with van der Waals surface area (Å²) in [5.41, 5.74) is 10.2. The van der Waals surface area contributed by atoms with Crippen LogP contribution in [-0.2, 0) is 17.9 Å². The van der Waals surface area contributed by atoms with E-state index in [0.717, 1.165) is 5.56 Å². The predicted molar refractivity (Wildman–Crippen MR) is 111 cm³/mol. The molecule has 2 aromatic rings. The van der Waals surface area contributed by atoms with Gasteiger partial charge in [0.15, 0.2) is 5.96 Å². The second-order valence-electron chi connectivity index (χ2n) is 6.56. The first-order valence-electron chi connectivity index (χ1n) is 9.05. The Labute approximate surface area is 165 Å². The van der Waals surface area contributed by atoms with E-state index < -0.39 is 5.91 Å². The molecule has 0 unspecified atom stereocenters. The van der Waals surface area contributed by atoms with Crippen molar-refractivity contribution in [2.75, 3.05) is 13.6 Å². The van der Waals surface area contributed by atoms with E-state index in [4.69, 9.17) is 5.73 Å². The van der Waals surface area contributed by atoms with Crippen LogP contribution in [0.25, 0.3) is 0 Å². The van der Waals surface area contributed by atoms with Crippen molar-refractivity contribution in [1.29, 1.82) is 0 Å². The highest BCUT2D eigenvalue weighted by Crippen LogP contribution is 2.10. The quantitative estimate of drug-likeness (QED) is 0.429. The van der Waals surface area contributed by atoms with Gasteiger partial charge in [-0.2, -0.15) is 0 Å². The number of nitrogens with zero attached hydrogens (tertiary/aromatic N) is 1. The van der Waals surface area contributed by atoms with E-state index in [-0.39, 0.29) is 12.5 Å². The maximum atomic E-state index is 11.9. The van der Waals surface area contributed by atoms with Crippen molar-refractivity contribution in [3.05, 3.63) is 70.3 Å². The Morgan fingerprint density at radius 3 is 2.25 bits per heavy atom. The van der Waals surface area contributed by atoms with Gasteiger partial charge in [-0.1, -0.05) is 35.9 Å². The molecule has 7 nitrogen and oxygen atoms in total. The third-order valence-corrected chi connectivity index (χ3v) is 4.27. The Balaban J connectivity index is 1.85. The topological polar surface area (TPSA) is 109 Å². The first kappa shape index (κ1) is 21.0. The van der Waals surface area contributed by atoms with Crippen LogP contribution in [0, 0.1) is 13.8 Å². The Morgan fingerprint density at radius 2 is 1.64 bits per heavy atom. The summed E-state index contributed by atoms with van der Waals surface area (Å²) in [5, 5.41) is 9.02. The fraction of sp³-hybridized carbons (Fsp3) is 0.286. The summed E-state index contributed by atoms with van der Waals surface area (Å²) in [5.74, 6) is -0.207. The monoisotopic (exact) mass is 381 g/mol. The highest BCUT2D eigenvalue weighted by atomic mass is 16.2. The van der Waals surface area contributed by atoms with E-state index in [2.05, 4.69) is 53.0 Å². The summed E-state index contributed by atoms with van der Waals surface area (Å²) in [6.07, 6.45) is 0. The molecule has 0 aromatic heterocycles. The molecule has 0 spiro atoms. The fourth-order valence-electron chi connectivity index (χ4n) is 2.67. The van der Waals surface area contributed by atoms with Gasteiger partial charge in [-0.3, -0.25) is 14.6 Å². The van der Waals surface area contributed by atoms with Gasteiger partial charge < -0.3 is 21.7 Å². The molecule has 0 atom stereocenters. The molecule has 2 amide bonds. The van der Waals surface area contributed by atoms with Crippen molar-refractivity contribution in [3.8, 4) is 0 Å². The van der Waals surface area contributed by atoms with Gasteiger partial charge in [0.05, 0.1) is 6.54 Å². The van der Waals surface area contributed by atoms with Crippen LogP contribution in [0.5, 0.6) is 0 Å². The molecule has 5 N–H and O–H groups in total. The summed E-state index contributed by atoms with van der Waals surface area (Å²) < 4.78 is 0. The van der Waals surface area contributed by atoms with Gasteiger partial charge in [0.1, 0.15) is 0 Å². The molecule has 2 aromatic carbocycles. The predicted octanol–water partition coefficient (Wildman–Crippen LogP) is 1.38. The van der Waals surface area contributed by atoms with Gasteiger partial charge in [-0.05, 0) is 42.7 Å². The summed E-state index contributed by atoms with van der Waals surface area (Å²) in [6.45, 7) is 5.25. The molecule has 7 heteroatoms. The fourth-order valence-corrected chi connectivity index (χ4v) is 2.67. The SMILES string of the molecule is CN=C(NCc1ccc(C(=O)NCC(N)=O)cc1)NCc1ccc(C)cc1C. The van der Waals surface area contributed by atoms with Gasteiger partial charge in [-0.15, -0.1) is 0 Å². The smallest absolute Gasteiger partial charge is 0.251 e. The Bertz CT molecular complexity index is 860. The number of hydrogen-bond donors (Lipinski definition) is 4. The molecule has 28 heavy (non-hydrogen) atoms. The molecule has 148 valence electrons. The zero-order valence-corrected chi connectivity index (χ0v) is 16.5. The van der Waals surface area contributed by atoms with Crippen molar-refractivity contribution >= 4 is 17.8 Å². The highest BCUT2D eigenvalue weighted by molar-refractivity contribution is 5.96. The lowest BCUT2D eigenvalue weighted by Gasteiger charge is -2.14. The third kappa shape index (κ3) is 6.42. The van der Waals surface area contributed by atoms with Crippen molar-refractivity contribution in [1.82, 2.24) is 16.0 Å². The minimum Gasteiger partial charge on any atom is -0.368 e. The van der Waals surface area contributed by atoms with E-state index in [1.54, 1.807) is 19.2 Å². The van der Waals surface area contributed by atoms with E-state index in [9.17, 15) is 9.59 Å². The normalized spacial score (nSPS) is 11.0. The van der Waals surface area contributed by atoms with Crippen molar-refractivity contribution < 1.29 is 9.59 Å². The Kier molecular flexibility index (Phi) is 7.56. The molecule has 0 radical (unpaired) electrons. The average molecular weight is 381 g/mol. The minimum atomic E-state index is -0.575. The van der Waals surface area contributed by atoms with Crippen molar-refractivity contribution in [3.63, 3.8) is 0 Å². The van der Waals surface area contributed by atoms with Crippen LogP contribution < -0.4 is 21.7 Å². The molecule has 0 saturated heterocycles. The van der Waals surface area contributed by atoms with Crippen LogP contribution in [-0.4, -0.2) is 31.4 Å². The molecular formula is C21H27N5O2. The minimum absolute atomic E-state index is 0.176. The number of benzene rings is 2. The van der Waals surface area contributed by atoms with Gasteiger partial charge >= 0.3 is 0 Å². The lowest BCUT2D eigenvalue weighted by Crippen LogP contribution is -2.36. The summed E-state index contributed by atoms with van der Waals surface area (Å²) in [4.78, 5) is 26.8. The van der Waals surface area contributed by atoms with E-state index in [0.29, 0.717) is 24.6 Å². The number of guanidine groups is 1. The maximum absolute atomic E-state index is 11.9. The van der Waals surface area contributed by atoms with Crippen LogP contribution in [0.1, 0.15) is 32.6 Å². The summed E-state index contributed by atoms with van der Waals surface area (Å²) in [6, 6.07) is 13.5. The second-order valence-corrected chi connectivity index (χ2v) is 6.56. The van der Waals surface area contributed by atoms with Crippen LogP contribution in [0.3, 0.4) is 0 Å². The first-order chi connectivity index (χ1) is 13.4. The van der Waals surface area contributed by atoms with Gasteiger partial charge in [-0.25, -0.2) is 0 Å². The van der Waals surface area contributed by atoms with Gasteiger partial charge in [0.25, 0.3) is 5.91 Å². The number of aryl methyl sites for hydroxylation is 2. The number of aliphatic imine (C=N–C) groups is 1. The van der Waals surface area contributed by atoms with E-state index in [1.165, 1.54) is 16.7 Å². The number of amides is 2. The third-order valence-electron chi connectivity index (χ3n) is 4.27. The van der Waals surface area contributed by atoms with Crippen LogP contribution in [0.15, 0.2) is 47.5 Å². The summed E-state index contributed by atoms with van der Waals surface area (Å²) >= 11 is 0. The first-order valence-corrected chi connectivity index (χ1v) is 9.05. The average Bonchev–Trinajstić information content (AvgIpc) is 2.68. The molecule has 0 bridgehead atoms. The van der Waals surface area contributed by atoms with Gasteiger partial charge in [0, 0.05) is 25.7 Å². The standard InChI is InChI=1S/C21H27N5O2/c1-14-4-7-18(15(2)10-14)12-26-21(23-3)25-11-16-5-8-17(9-6-16)20(28)24-13-19(22)27/h4-10H,11-13H2,1-3H3,(H2,22,27)(H,24,28)(H2,23,25,26). The molecule has 0 aliphatic rings. The van der Waals surface area contributed by atoms with Gasteiger partial charge in [0.2, 0.25) is 5.91 Å². The maximum Gasteiger partial charge on any atom is 0.251 e.